The average Bonchev–Trinajstić information content (AvgIpc) is 3.09. The standard InChI is InChI=1S/C21H25F3N4O2S/c1-14-7-5-6-10-16(14)26-19(30)27-18(29)12-31-20-25-11-17(15-8-3-2-4-9-15)28(20)13-21(22,23)24/h2-4,8-9,11,14,16H,5-7,10,12-13H2,1H3,(H2,26,27,29,30). The van der Waals surface area contributed by atoms with Crippen LogP contribution in [0.2, 0.25) is 0 Å². The number of rotatable bonds is 6. The van der Waals surface area contributed by atoms with Gasteiger partial charge in [-0.25, -0.2) is 9.78 Å². The van der Waals surface area contributed by atoms with Crippen LogP contribution in [0.1, 0.15) is 32.6 Å². The normalized spacial score (nSPS) is 19.1. The second kappa shape index (κ2) is 10.2. The number of amides is 3. The molecule has 6 nitrogen and oxygen atoms in total. The zero-order chi connectivity index (χ0) is 22.4. The lowest BCUT2D eigenvalue weighted by Gasteiger charge is -2.29. The van der Waals surface area contributed by atoms with Crippen LogP contribution in [0.5, 0.6) is 0 Å². The maximum Gasteiger partial charge on any atom is 0.406 e. The Kier molecular flexibility index (Phi) is 7.64. The third-order valence-electron chi connectivity index (χ3n) is 5.24. The number of imidazole rings is 1. The molecule has 1 heterocycles. The molecule has 1 saturated carbocycles. The van der Waals surface area contributed by atoms with Gasteiger partial charge in [-0.05, 0) is 24.3 Å². The molecule has 2 aromatic rings. The van der Waals surface area contributed by atoms with Gasteiger partial charge in [0.15, 0.2) is 5.16 Å². The molecule has 0 aliphatic heterocycles. The molecule has 3 amide bonds. The third-order valence-corrected chi connectivity index (χ3v) is 6.23. The van der Waals surface area contributed by atoms with Crippen LogP contribution in [-0.2, 0) is 11.3 Å². The van der Waals surface area contributed by atoms with Crippen LogP contribution in [0.3, 0.4) is 0 Å². The minimum absolute atomic E-state index is 0.0216. The summed E-state index contributed by atoms with van der Waals surface area (Å²) >= 11 is 0.860. The SMILES string of the molecule is CC1CCCCC1NC(=O)NC(=O)CSc1ncc(-c2ccccc2)n1CC(F)(F)F. The lowest BCUT2D eigenvalue weighted by molar-refractivity contribution is -0.141. The van der Waals surface area contributed by atoms with Crippen molar-refractivity contribution in [2.45, 2.75) is 56.5 Å². The smallest absolute Gasteiger partial charge is 0.335 e. The molecule has 1 aliphatic rings. The maximum atomic E-state index is 13.1. The van der Waals surface area contributed by atoms with Crippen LogP contribution in [0.4, 0.5) is 18.0 Å². The number of thioether (sulfide) groups is 1. The Bertz CT molecular complexity index is 902. The molecule has 1 fully saturated rings. The number of nitrogens with zero attached hydrogens (tertiary/aromatic N) is 2. The van der Waals surface area contributed by atoms with Gasteiger partial charge in [-0.2, -0.15) is 13.2 Å². The molecular formula is C21H25F3N4O2S. The van der Waals surface area contributed by atoms with Crippen LogP contribution in [0.15, 0.2) is 41.7 Å². The van der Waals surface area contributed by atoms with Crippen molar-refractivity contribution in [2.75, 3.05) is 5.75 Å². The first-order valence-electron chi connectivity index (χ1n) is 10.1. The molecule has 3 rings (SSSR count). The summed E-state index contributed by atoms with van der Waals surface area (Å²) in [5.74, 6) is -0.472. The molecule has 10 heteroatoms. The summed E-state index contributed by atoms with van der Waals surface area (Å²) in [6, 6.07) is 8.07. The number of nitrogens with one attached hydrogen (secondary N) is 2. The van der Waals surface area contributed by atoms with E-state index in [0.29, 0.717) is 17.2 Å². The van der Waals surface area contributed by atoms with Crippen molar-refractivity contribution >= 4 is 23.7 Å². The second-order valence-electron chi connectivity index (χ2n) is 7.67. The molecule has 1 aliphatic carbocycles. The van der Waals surface area contributed by atoms with E-state index in [0.717, 1.165) is 42.0 Å². The van der Waals surface area contributed by atoms with Gasteiger partial charge in [0.25, 0.3) is 0 Å². The molecule has 2 N–H and O–H groups in total. The van der Waals surface area contributed by atoms with Crippen LogP contribution in [0.25, 0.3) is 11.3 Å². The van der Waals surface area contributed by atoms with Gasteiger partial charge in [0.2, 0.25) is 5.91 Å². The quantitative estimate of drug-likeness (QED) is 0.625. The summed E-state index contributed by atoms with van der Waals surface area (Å²) in [6.45, 7) is 0.841. The summed E-state index contributed by atoms with van der Waals surface area (Å²) < 4.78 is 40.4. The highest BCUT2D eigenvalue weighted by Crippen LogP contribution is 2.30. The first kappa shape index (κ1) is 23.2. The van der Waals surface area contributed by atoms with E-state index in [2.05, 4.69) is 22.5 Å². The summed E-state index contributed by atoms with van der Waals surface area (Å²) in [6.07, 6.45) is 0.975. The number of aromatic nitrogens is 2. The third kappa shape index (κ3) is 6.75. The number of hydrogen-bond acceptors (Lipinski definition) is 4. The van der Waals surface area contributed by atoms with Crippen LogP contribution < -0.4 is 10.6 Å². The predicted molar refractivity (Wildman–Crippen MR) is 113 cm³/mol. The summed E-state index contributed by atoms with van der Waals surface area (Å²) in [5.41, 5.74) is 0.904. The Morgan fingerprint density at radius 2 is 1.90 bits per heavy atom. The average molecular weight is 455 g/mol. The van der Waals surface area contributed by atoms with Gasteiger partial charge in [0, 0.05) is 6.04 Å². The van der Waals surface area contributed by atoms with Crippen molar-refractivity contribution in [3.63, 3.8) is 0 Å². The Balaban J connectivity index is 1.62. The van der Waals surface area contributed by atoms with Gasteiger partial charge in [0.05, 0.1) is 17.6 Å². The van der Waals surface area contributed by atoms with E-state index >= 15 is 0 Å². The monoisotopic (exact) mass is 454 g/mol. The number of imide groups is 1. The number of carbonyl (C=O) groups is 2. The van der Waals surface area contributed by atoms with Gasteiger partial charge < -0.3 is 9.88 Å². The van der Waals surface area contributed by atoms with Gasteiger partial charge in [-0.3, -0.25) is 10.1 Å². The molecule has 1 aromatic heterocycles. The van der Waals surface area contributed by atoms with E-state index in [1.54, 1.807) is 30.3 Å². The summed E-state index contributed by atoms with van der Waals surface area (Å²) in [4.78, 5) is 28.3. The van der Waals surface area contributed by atoms with E-state index in [4.69, 9.17) is 0 Å². The number of benzene rings is 1. The van der Waals surface area contributed by atoms with Crippen molar-refractivity contribution in [3.8, 4) is 11.3 Å². The Morgan fingerprint density at radius 3 is 2.58 bits per heavy atom. The number of alkyl halides is 3. The topological polar surface area (TPSA) is 76.0 Å². The van der Waals surface area contributed by atoms with Crippen LogP contribution >= 0.6 is 11.8 Å². The fraction of sp³-hybridized carbons (Fsp3) is 0.476. The second-order valence-corrected chi connectivity index (χ2v) is 8.61. The maximum absolute atomic E-state index is 13.1. The first-order valence-corrected chi connectivity index (χ1v) is 11.1. The number of halogens is 3. The van der Waals surface area contributed by atoms with E-state index in [1.807, 2.05) is 0 Å². The highest BCUT2D eigenvalue weighted by atomic mass is 32.2. The molecule has 0 radical (unpaired) electrons. The molecular weight excluding hydrogens is 429 g/mol. The molecule has 31 heavy (non-hydrogen) atoms. The van der Waals surface area contributed by atoms with Crippen molar-refractivity contribution < 1.29 is 22.8 Å². The molecule has 2 unspecified atom stereocenters. The minimum Gasteiger partial charge on any atom is -0.335 e. The number of urea groups is 1. The van der Waals surface area contributed by atoms with Crippen molar-refractivity contribution in [2.24, 2.45) is 5.92 Å². The Morgan fingerprint density at radius 1 is 1.19 bits per heavy atom. The lowest BCUT2D eigenvalue weighted by Crippen LogP contribution is -2.48. The Labute approximate surface area is 183 Å². The Hall–Kier alpha value is -2.49. The largest absolute Gasteiger partial charge is 0.406 e. The fourth-order valence-corrected chi connectivity index (χ4v) is 4.45. The lowest BCUT2D eigenvalue weighted by atomic mass is 9.86. The summed E-state index contributed by atoms with van der Waals surface area (Å²) in [5, 5.41) is 5.13. The fourth-order valence-electron chi connectivity index (χ4n) is 3.67. The van der Waals surface area contributed by atoms with Crippen molar-refractivity contribution in [1.82, 2.24) is 20.2 Å². The van der Waals surface area contributed by atoms with E-state index in [1.165, 1.54) is 6.20 Å². The molecule has 168 valence electrons. The molecule has 0 saturated heterocycles. The summed E-state index contributed by atoms with van der Waals surface area (Å²) in [7, 11) is 0. The molecule has 2 atom stereocenters. The van der Waals surface area contributed by atoms with Crippen molar-refractivity contribution in [3.05, 3.63) is 36.5 Å². The van der Waals surface area contributed by atoms with Gasteiger partial charge >= 0.3 is 12.2 Å². The van der Waals surface area contributed by atoms with E-state index in [-0.39, 0.29) is 17.0 Å². The molecule has 0 bridgehead atoms. The van der Waals surface area contributed by atoms with Crippen molar-refractivity contribution in [1.29, 1.82) is 0 Å². The number of hydrogen-bond donors (Lipinski definition) is 2. The van der Waals surface area contributed by atoms with Crippen LogP contribution in [0, 0.1) is 5.92 Å². The van der Waals surface area contributed by atoms with Gasteiger partial charge in [-0.15, -0.1) is 0 Å². The molecule has 1 aromatic carbocycles. The minimum atomic E-state index is -4.45. The molecule has 0 spiro atoms. The highest BCUT2D eigenvalue weighted by Gasteiger charge is 2.31. The van der Waals surface area contributed by atoms with E-state index < -0.39 is 24.7 Å². The predicted octanol–water partition coefficient (Wildman–Crippen LogP) is 4.61. The first-order chi connectivity index (χ1) is 14.7. The van der Waals surface area contributed by atoms with Gasteiger partial charge in [0.1, 0.15) is 6.54 Å². The highest BCUT2D eigenvalue weighted by molar-refractivity contribution is 7.99. The zero-order valence-corrected chi connectivity index (χ0v) is 17.9. The zero-order valence-electron chi connectivity index (χ0n) is 17.1. The van der Waals surface area contributed by atoms with Crippen LogP contribution in [-0.4, -0.2) is 39.5 Å². The van der Waals surface area contributed by atoms with E-state index in [9.17, 15) is 22.8 Å². The van der Waals surface area contributed by atoms with Gasteiger partial charge in [-0.1, -0.05) is 61.9 Å². The number of carbonyl (C=O) groups excluding carboxylic acids is 2.